The van der Waals surface area contributed by atoms with E-state index in [1.54, 1.807) is 0 Å². The van der Waals surface area contributed by atoms with E-state index in [2.05, 4.69) is 131 Å². The minimum absolute atomic E-state index is 0.0938. The van der Waals surface area contributed by atoms with Gasteiger partial charge in [-0.05, 0) is 59.2 Å². The highest BCUT2D eigenvalue weighted by Crippen LogP contribution is 2.34. The molecular weight excluding hydrogens is 500 g/mol. The number of nitrogens with one attached hydrogen (secondary N) is 2. The van der Waals surface area contributed by atoms with Crippen LogP contribution in [0.15, 0.2) is 155 Å². The third-order valence-electron chi connectivity index (χ3n) is 7.83. The maximum atomic E-state index is 5.26. The van der Waals surface area contributed by atoms with Gasteiger partial charge in [0.2, 0.25) is 0 Å². The largest absolute Gasteiger partial charge is 0.356 e. The molecule has 1 atom stereocenters. The van der Waals surface area contributed by atoms with Gasteiger partial charge in [0, 0.05) is 38.8 Å². The van der Waals surface area contributed by atoms with Crippen molar-refractivity contribution in [3.05, 3.63) is 184 Å². The van der Waals surface area contributed by atoms with Gasteiger partial charge in [-0.2, -0.15) is 0 Å². The Kier molecular flexibility index (Phi) is 5.49. The molecule has 2 aromatic heterocycles. The highest BCUT2D eigenvalue weighted by molar-refractivity contribution is 6.31. The van der Waals surface area contributed by atoms with Crippen LogP contribution in [-0.2, 0) is 0 Å². The van der Waals surface area contributed by atoms with Crippen molar-refractivity contribution in [2.24, 2.45) is 9.98 Å². The van der Waals surface area contributed by atoms with Crippen LogP contribution >= 0.6 is 0 Å². The van der Waals surface area contributed by atoms with Gasteiger partial charge in [-0.25, -0.2) is 4.99 Å². The molecule has 0 amide bonds. The van der Waals surface area contributed by atoms with Gasteiger partial charge < -0.3 is 9.97 Å². The van der Waals surface area contributed by atoms with Gasteiger partial charge in [0.1, 0.15) is 6.04 Å². The second-order valence-corrected chi connectivity index (χ2v) is 10.4. The molecular formula is C37H26N4. The second kappa shape index (κ2) is 9.61. The Morgan fingerprint density at radius 1 is 0.488 bits per heavy atom. The Hall–Kier alpha value is -5.48. The molecule has 2 N–H and O–H groups in total. The maximum absolute atomic E-state index is 5.26. The van der Waals surface area contributed by atoms with Crippen LogP contribution in [0.25, 0.3) is 16.7 Å². The standard InChI is InChI=1S/C37H26N4/c1-4-10-24(11-5-1)35-29-18-16-27(38-29)28-17-19-30(39-28)36(25-12-6-2-7-13-25)32-21-23-34(41-32)37(26-14-8-3-9-15-26)33-22-20-31(35)40-33/h1-23,27,39-40H/b35-31-,36-32-,37-33-. The number of aliphatic imine (C=N–C) groups is 2. The topological polar surface area (TPSA) is 56.3 Å². The molecule has 5 aromatic rings. The second-order valence-electron chi connectivity index (χ2n) is 10.4. The number of fused-ring (bicyclic) bond motifs is 7. The molecule has 5 heterocycles. The fourth-order valence-electron chi connectivity index (χ4n) is 5.94. The minimum atomic E-state index is -0.0938. The van der Waals surface area contributed by atoms with E-state index < -0.39 is 0 Å². The molecule has 0 saturated heterocycles. The third-order valence-corrected chi connectivity index (χ3v) is 7.83. The third kappa shape index (κ3) is 4.09. The van der Waals surface area contributed by atoms with Crippen molar-refractivity contribution in [1.82, 2.24) is 9.97 Å². The average molecular weight is 527 g/mol. The van der Waals surface area contributed by atoms with E-state index >= 15 is 0 Å². The number of aromatic nitrogens is 2. The lowest BCUT2D eigenvalue weighted by atomic mass is 10.0. The van der Waals surface area contributed by atoms with E-state index in [0.29, 0.717) is 0 Å². The quantitative estimate of drug-likeness (QED) is 0.278. The number of benzene rings is 3. The van der Waals surface area contributed by atoms with E-state index in [4.69, 9.17) is 9.98 Å². The number of rotatable bonds is 3. The van der Waals surface area contributed by atoms with Gasteiger partial charge in [-0.1, -0.05) is 97.1 Å². The molecule has 0 fully saturated rings. The Morgan fingerprint density at radius 2 is 1.07 bits per heavy atom. The predicted octanol–water partition coefficient (Wildman–Crippen LogP) is 6.28. The highest BCUT2D eigenvalue weighted by atomic mass is 14.9. The summed E-state index contributed by atoms with van der Waals surface area (Å²) in [5.41, 5.74) is 11.5. The smallest absolute Gasteiger partial charge is 0.109 e. The van der Waals surface area contributed by atoms with Crippen molar-refractivity contribution in [3.8, 4) is 0 Å². The molecule has 0 radical (unpaired) electrons. The molecule has 8 rings (SSSR count). The number of hydrogen-bond acceptors (Lipinski definition) is 2. The SMILES string of the molecule is C1=C/C2=C(\c3ccccc3)c3ccc([nH]3)C3C=CC(=N3)/C(c3ccccc3)=c3/cc/c([nH]3)=C(\c3ccccc3)C1=N2. The molecule has 3 aliphatic heterocycles. The lowest BCUT2D eigenvalue weighted by Gasteiger charge is -2.10. The summed E-state index contributed by atoms with van der Waals surface area (Å²) in [5, 5.41) is 2.04. The summed E-state index contributed by atoms with van der Waals surface area (Å²) < 4.78 is 0. The van der Waals surface area contributed by atoms with Crippen molar-refractivity contribution in [2.45, 2.75) is 6.04 Å². The summed E-state index contributed by atoms with van der Waals surface area (Å²) in [7, 11) is 0. The lowest BCUT2D eigenvalue weighted by molar-refractivity contribution is 0.890. The zero-order valence-corrected chi connectivity index (χ0v) is 22.3. The van der Waals surface area contributed by atoms with Crippen molar-refractivity contribution in [3.63, 3.8) is 0 Å². The molecule has 194 valence electrons. The normalized spacial score (nSPS) is 21.8. The zero-order chi connectivity index (χ0) is 27.2. The Bertz CT molecular complexity index is 2070. The van der Waals surface area contributed by atoms with Crippen LogP contribution in [0, 0.1) is 0 Å². The number of allylic oxidation sites excluding steroid dienone is 3. The van der Waals surface area contributed by atoms with Crippen LogP contribution in [0.3, 0.4) is 0 Å². The monoisotopic (exact) mass is 526 g/mol. The summed E-state index contributed by atoms with van der Waals surface area (Å²) in [6.07, 6.45) is 8.58. The van der Waals surface area contributed by atoms with E-state index in [-0.39, 0.29) is 6.04 Å². The van der Waals surface area contributed by atoms with Crippen LogP contribution in [0.2, 0.25) is 0 Å². The maximum Gasteiger partial charge on any atom is 0.109 e. The number of nitrogens with zero attached hydrogens (tertiary/aromatic N) is 2. The molecule has 4 heteroatoms. The van der Waals surface area contributed by atoms with Gasteiger partial charge in [-0.15, -0.1) is 0 Å². The van der Waals surface area contributed by atoms with Gasteiger partial charge in [0.15, 0.2) is 0 Å². The summed E-state index contributed by atoms with van der Waals surface area (Å²) in [6, 6.07) is 40.0. The number of aromatic amines is 2. The van der Waals surface area contributed by atoms with Crippen LogP contribution in [0.1, 0.15) is 34.1 Å². The summed E-state index contributed by atoms with van der Waals surface area (Å²) in [6.45, 7) is 0. The average Bonchev–Trinajstić information content (AvgIpc) is 3.84. The van der Waals surface area contributed by atoms with Crippen molar-refractivity contribution in [2.75, 3.05) is 0 Å². The lowest BCUT2D eigenvalue weighted by Crippen LogP contribution is -2.21. The van der Waals surface area contributed by atoms with Gasteiger partial charge >= 0.3 is 0 Å². The van der Waals surface area contributed by atoms with Crippen molar-refractivity contribution < 1.29 is 0 Å². The van der Waals surface area contributed by atoms with Gasteiger partial charge in [-0.3, -0.25) is 4.99 Å². The van der Waals surface area contributed by atoms with E-state index in [1.807, 2.05) is 18.2 Å². The molecule has 4 nitrogen and oxygen atoms in total. The molecule has 8 bridgehead atoms. The van der Waals surface area contributed by atoms with E-state index in [1.165, 1.54) is 0 Å². The first-order chi connectivity index (χ1) is 20.3. The Labute approximate surface area is 237 Å². The predicted molar refractivity (Wildman–Crippen MR) is 167 cm³/mol. The molecule has 0 saturated carbocycles. The van der Waals surface area contributed by atoms with Gasteiger partial charge in [0.25, 0.3) is 0 Å². The highest BCUT2D eigenvalue weighted by Gasteiger charge is 2.23. The fraction of sp³-hybridized carbons (Fsp3) is 0.0270. The fourth-order valence-corrected chi connectivity index (χ4v) is 5.94. The minimum Gasteiger partial charge on any atom is -0.356 e. The first kappa shape index (κ1) is 23.4. The molecule has 3 aliphatic rings. The first-order valence-electron chi connectivity index (χ1n) is 13.9. The van der Waals surface area contributed by atoms with Crippen molar-refractivity contribution in [1.29, 1.82) is 0 Å². The van der Waals surface area contributed by atoms with Crippen LogP contribution in [0.5, 0.6) is 0 Å². The molecule has 1 unspecified atom stereocenters. The Morgan fingerprint density at radius 3 is 1.71 bits per heavy atom. The summed E-state index contributed by atoms with van der Waals surface area (Å²) in [5.74, 6) is 0. The van der Waals surface area contributed by atoms with Gasteiger partial charge in [0.05, 0.1) is 17.1 Å². The zero-order valence-electron chi connectivity index (χ0n) is 22.3. The van der Waals surface area contributed by atoms with Crippen LogP contribution < -0.4 is 10.7 Å². The van der Waals surface area contributed by atoms with Crippen LogP contribution in [-0.4, -0.2) is 21.4 Å². The molecule has 41 heavy (non-hydrogen) atoms. The Balaban J connectivity index is 1.48. The molecule has 0 aliphatic carbocycles. The van der Waals surface area contributed by atoms with E-state index in [9.17, 15) is 0 Å². The van der Waals surface area contributed by atoms with E-state index in [0.717, 1.165) is 72.6 Å². The first-order valence-corrected chi connectivity index (χ1v) is 13.9. The van der Waals surface area contributed by atoms with Crippen molar-refractivity contribution >= 4 is 28.1 Å². The summed E-state index contributed by atoms with van der Waals surface area (Å²) in [4.78, 5) is 17.9. The summed E-state index contributed by atoms with van der Waals surface area (Å²) >= 11 is 0. The number of H-pyrrole nitrogens is 2. The number of hydrogen-bond donors (Lipinski definition) is 2. The van der Waals surface area contributed by atoms with Crippen LogP contribution in [0.4, 0.5) is 0 Å². The molecule has 3 aromatic carbocycles. The molecule has 0 spiro atoms.